The van der Waals surface area contributed by atoms with Crippen LogP contribution in [0.25, 0.3) is 0 Å². The second-order valence-corrected chi connectivity index (χ2v) is 4.30. The lowest BCUT2D eigenvalue weighted by Crippen LogP contribution is -2.13. The molecule has 3 nitrogen and oxygen atoms in total. The first-order valence-corrected chi connectivity index (χ1v) is 6.32. The van der Waals surface area contributed by atoms with Crippen LogP contribution in [0.2, 0.25) is 0 Å². The summed E-state index contributed by atoms with van der Waals surface area (Å²) in [5.74, 6) is -0.862. The summed E-state index contributed by atoms with van der Waals surface area (Å²) < 4.78 is 30.7. The fourth-order valence-corrected chi connectivity index (χ4v) is 2.36. The zero-order valence-corrected chi connectivity index (χ0v) is 11.8. The van der Waals surface area contributed by atoms with Crippen LogP contribution < -0.4 is 0 Å². The first-order valence-electron chi connectivity index (χ1n) is 4.71. The van der Waals surface area contributed by atoms with Crippen LogP contribution in [0.3, 0.4) is 0 Å². The number of carbonyl (C=O) groups is 1. The van der Waals surface area contributed by atoms with E-state index in [9.17, 15) is 13.6 Å². The molecule has 17 heavy (non-hydrogen) atoms. The number of aromatic nitrogens is 1. The molecule has 1 aromatic heterocycles. The lowest BCUT2D eigenvalue weighted by Gasteiger charge is -2.12. The molecule has 0 aromatic carbocycles. The van der Waals surface area contributed by atoms with E-state index in [1.165, 1.54) is 0 Å². The third-order valence-corrected chi connectivity index (χ3v) is 3.20. The summed E-state index contributed by atoms with van der Waals surface area (Å²) >= 11 is 7.50. The van der Waals surface area contributed by atoms with Crippen LogP contribution in [0, 0.1) is 3.70 Å². The van der Waals surface area contributed by atoms with E-state index in [4.69, 9.17) is 16.3 Å². The van der Waals surface area contributed by atoms with Gasteiger partial charge in [-0.1, -0.05) is 0 Å². The number of rotatable bonds is 4. The molecule has 0 amide bonds. The van der Waals surface area contributed by atoms with E-state index in [1.807, 2.05) is 22.6 Å². The van der Waals surface area contributed by atoms with Crippen molar-refractivity contribution < 1.29 is 18.3 Å². The van der Waals surface area contributed by atoms with Gasteiger partial charge < -0.3 is 4.74 Å². The first-order chi connectivity index (χ1) is 8.02. The van der Waals surface area contributed by atoms with Gasteiger partial charge in [-0.2, -0.15) is 0 Å². The summed E-state index contributed by atoms with van der Waals surface area (Å²) in [5, 5.41) is 0. The summed E-state index contributed by atoms with van der Waals surface area (Å²) in [5.41, 5.74) is -0.334. The van der Waals surface area contributed by atoms with Crippen LogP contribution in [-0.4, -0.2) is 17.6 Å². The molecular weight excluding hydrogens is 366 g/mol. The van der Waals surface area contributed by atoms with Gasteiger partial charge in [-0.3, -0.25) is 0 Å². The fraction of sp³-hybridized carbons (Fsp3) is 0.400. The van der Waals surface area contributed by atoms with Crippen LogP contribution in [0.1, 0.15) is 34.8 Å². The normalized spacial score (nSPS) is 10.7. The second-order valence-electron chi connectivity index (χ2n) is 3.01. The number of ether oxygens (including phenoxy) is 1. The average Bonchev–Trinajstić information content (AvgIpc) is 2.28. The Morgan fingerprint density at radius 2 is 2.29 bits per heavy atom. The highest BCUT2D eigenvalue weighted by atomic mass is 127. The Balaban J connectivity index is 3.38. The smallest absolute Gasteiger partial charge is 0.339 e. The van der Waals surface area contributed by atoms with Gasteiger partial charge in [-0.05, 0) is 29.5 Å². The Bertz CT molecular complexity index is 429. The third-order valence-electron chi connectivity index (χ3n) is 2.00. The van der Waals surface area contributed by atoms with Crippen molar-refractivity contribution in [3.8, 4) is 0 Å². The number of pyridine rings is 1. The number of carbonyl (C=O) groups excluding carboxylic acids is 1. The highest BCUT2D eigenvalue weighted by molar-refractivity contribution is 14.1. The second kappa shape index (κ2) is 6.44. The van der Waals surface area contributed by atoms with Crippen molar-refractivity contribution in [2.45, 2.75) is 19.2 Å². The average molecular weight is 376 g/mol. The Morgan fingerprint density at radius 1 is 1.65 bits per heavy atom. The Morgan fingerprint density at radius 3 is 2.76 bits per heavy atom. The lowest BCUT2D eigenvalue weighted by atomic mass is 10.1. The molecule has 1 heterocycles. The predicted molar refractivity (Wildman–Crippen MR) is 67.4 cm³/mol. The lowest BCUT2D eigenvalue weighted by molar-refractivity contribution is 0.0514. The van der Waals surface area contributed by atoms with Crippen molar-refractivity contribution in [3.63, 3.8) is 0 Å². The molecule has 1 rings (SSSR count). The van der Waals surface area contributed by atoms with Crippen LogP contribution in [0.4, 0.5) is 8.78 Å². The van der Waals surface area contributed by atoms with Crippen molar-refractivity contribution >= 4 is 40.2 Å². The maximum absolute atomic E-state index is 12.8. The van der Waals surface area contributed by atoms with Gasteiger partial charge in [0.25, 0.3) is 6.43 Å². The molecule has 0 spiro atoms. The van der Waals surface area contributed by atoms with Gasteiger partial charge >= 0.3 is 5.97 Å². The molecule has 0 aliphatic carbocycles. The summed E-state index contributed by atoms with van der Waals surface area (Å²) in [6, 6.07) is 0. The van der Waals surface area contributed by atoms with Crippen molar-refractivity contribution in [3.05, 3.63) is 26.6 Å². The van der Waals surface area contributed by atoms with E-state index >= 15 is 0 Å². The van der Waals surface area contributed by atoms with Crippen molar-refractivity contribution in [1.82, 2.24) is 4.98 Å². The standard InChI is InChI=1S/C10H9ClF2INO2/c1-2-17-10(16)7-5(3-11)9(14)15-4-6(7)8(12)13/h4,8H,2-3H2,1H3. The molecular formula is C10H9ClF2INO2. The number of alkyl halides is 3. The highest BCUT2D eigenvalue weighted by Gasteiger charge is 2.25. The van der Waals surface area contributed by atoms with Gasteiger partial charge in [0.2, 0.25) is 0 Å². The van der Waals surface area contributed by atoms with Crippen molar-refractivity contribution in [1.29, 1.82) is 0 Å². The van der Waals surface area contributed by atoms with Crippen LogP contribution >= 0.6 is 34.2 Å². The number of esters is 1. The van der Waals surface area contributed by atoms with E-state index in [0.29, 0.717) is 3.70 Å². The molecule has 0 saturated carbocycles. The minimum Gasteiger partial charge on any atom is -0.462 e. The van der Waals surface area contributed by atoms with Gasteiger partial charge in [-0.25, -0.2) is 18.6 Å². The number of nitrogens with zero attached hydrogens (tertiary/aromatic N) is 1. The summed E-state index contributed by atoms with van der Waals surface area (Å²) in [6.45, 7) is 1.72. The molecule has 0 bridgehead atoms. The van der Waals surface area contributed by atoms with Crippen LogP contribution in [0.5, 0.6) is 0 Å². The summed E-state index contributed by atoms with van der Waals surface area (Å²) in [4.78, 5) is 15.4. The van der Waals surface area contributed by atoms with Gasteiger partial charge in [0.15, 0.2) is 0 Å². The summed E-state index contributed by atoms with van der Waals surface area (Å²) in [6.07, 6.45) is -1.81. The largest absolute Gasteiger partial charge is 0.462 e. The predicted octanol–water partition coefficient (Wildman–Crippen LogP) is 3.54. The number of halogens is 4. The topological polar surface area (TPSA) is 39.2 Å². The molecule has 0 N–H and O–H groups in total. The van der Waals surface area contributed by atoms with Crippen molar-refractivity contribution in [2.24, 2.45) is 0 Å². The first kappa shape index (κ1) is 14.6. The molecule has 0 aliphatic rings. The maximum atomic E-state index is 12.8. The molecule has 7 heteroatoms. The summed E-state index contributed by atoms with van der Waals surface area (Å²) in [7, 11) is 0. The van der Waals surface area contributed by atoms with Crippen LogP contribution in [0.15, 0.2) is 6.20 Å². The minimum absolute atomic E-state index is 0.0695. The number of hydrogen-bond donors (Lipinski definition) is 0. The Kier molecular flexibility index (Phi) is 5.51. The molecule has 0 fully saturated rings. The minimum atomic E-state index is -2.79. The fourth-order valence-electron chi connectivity index (χ4n) is 1.28. The molecule has 0 radical (unpaired) electrons. The van der Waals surface area contributed by atoms with Gasteiger partial charge in [0, 0.05) is 11.8 Å². The van der Waals surface area contributed by atoms with Gasteiger partial charge in [0.1, 0.15) is 3.70 Å². The van der Waals surface area contributed by atoms with Gasteiger partial charge in [-0.15, -0.1) is 11.6 Å². The van der Waals surface area contributed by atoms with Crippen molar-refractivity contribution in [2.75, 3.05) is 6.61 Å². The number of hydrogen-bond acceptors (Lipinski definition) is 3. The molecule has 94 valence electrons. The molecule has 0 aliphatic heterocycles. The Labute approximate surface area is 116 Å². The van der Waals surface area contributed by atoms with E-state index in [2.05, 4.69) is 4.98 Å². The van der Waals surface area contributed by atoms with E-state index in [1.54, 1.807) is 6.92 Å². The van der Waals surface area contributed by atoms with E-state index in [0.717, 1.165) is 6.20 Å². The molecule has 0 saturated heterocycles. The molecule has 1 aromatic rings. The zero-order chi connectivity index (χ0) is 13.0. The quantitative estimate of drug-likeness (QED) is 0.350. The molecule has 0 unspecified atom stereocenters. The SMILES string of the molecule is CCOC(=O)c1c(C(F)F)cnc(I)c1CCl. The highest BCUT2D eigenvalue weighted by Crippen LogP contribution is 2.28. The maximum Gasteiger partial charge on any atom is 0.339 e. The van der Waals surface area contributed by atoms with Gasteiger partial charge in [0.05, 0.1) is 23.6 Å². The van der Waals surface area contributed by atoms with E-state index < -0.39 is 18.0 Å². The van der Waals surface area contributed by atoms with Crippen LogP contribution in [-0.2, 0) is 10.6 Å². The van der Waals surface area contributed by atoms with E-state index in [-0.39, 0.29) is 23.6 Å². The monoisotopic (exact) mass is 375 g/mol. The molecule has 0 atom stereocenters. The zero-order valence-electron chi connectivity index (χ0n) is 8.84. The third kappa shape index (κ3) is 3.25. The Hall–Kier alpha value is -0.500.